The normalized spacial score (nSPS) is 14.4. The molecule has 0 radical (unpaired) electrons. The van der Waals surface area contributed by atoms with Crippen LogP contribution in [0.5, 0.6) is 0 Å². The van der Waals surface area contributed by atoms with E-state index in [-0.39, 0.29) is 11.6 Å². The molecular formula is C69H71F2N15. The first-order chi connectivity index (χ1) is 42.2. The van der Waals surface area contributed by atoms with E-state index in [2.05, 4.69) is 97.1 Å². The number of rotatable bonds is 17. The molecule has 3 aliphatic heterocycles. The minimum atomic E-state index is -0.225. The Bertz CT molecular complexity index is 4300. The largest absolute Gasteiger partial charge is 0.358 e. The van der Waals surface area contributed by atoms with Crippen molar-refractivity contribution < 1.29 is 8.78 Å². The SMILES string of the molecule is C=C(CC)Nc1cncc(-c2cc3c(-c4nc5c(-c6cc(F)cc(CCCN7CCCC7)c6)cccc5[nH]4)n[nH]c3cn2)c1.CC.Fc1cc(CCCN2CCCC2)cc(-c2cccc3[nH]c(-c4n[nH]c5cnc(C6=CCN=CC=C6)cc45)nc23)c1. The molecular weight excluding hydrogens is 1080 g/mol. The smallest absolute Gasteiger partial charge is 0.159 e. The van der Waals surface area contributed by atoms with Crippen LogP contribution in [0.2, 0.25) is 0 Å². The molecule has 0 saturated carbocycles. The van der Waals surface area contributed by atoms with E-state index in [0.717, 1.165) is 162 Å². The first-order valence-electron chi connectivity index (χ1n) is 30.2. The van der Waals surface area contributed by atoms with Gasteiger partial charge in [-0.3, -0.25) is 30.1 Å². The average molecular weight is 1150 g/mol. The summed E-state index contributed by atoms with van der Waals surface area (Å²) >= 11 is 0. The first kappa shape index (κ1) is 57.1. The fraction of sp³-hybridized carbons (Fsp3) is 0.275. The molecule has 17 heteroatoms. The van der Waals surface area contributed by atoms with E-state index in [0.29, 0.717) is 23.9 Å². The molecule has 2 saturated heterocycles. The number of hydrogen-bond acceptors (Lipinski definition) is 11. The summed E-state index contributed by atoms with van der Waals surface area (Å²) in [5.74, 6) is 0.845. The van der Waals surface area contributed by atoms with Crippen molar-refractivity contribution in [2.75, 3.05) is 51.1 Å². The number of nitrogens with one attached hydrogen (secondary N) is 5. The molecule has 0 bridgehead atoms. The van der Waals surface area contributed by atoms with Crippen LogP contribution >= 0.6 is 0 Å². The number of aromatic nitrogens is 11. The van der Waals surface area contributed by atoms with Crippen LogP contribution in [-0.2, 0) is 12.8 Å². The second kappa shape index (κ2) is 26.3. The number of benzene rings is 4. The monoisotopic (exact) mass is 1150 g/mol. The van der Waals surface area contributed by atoms with Crippen molar-refractivity contribution in [2.24, 2.45) is 4.99 Å². The number of anilines is 1. The van der Waals surface area contributed by atoms with Crippen molar-refractivity contribution in [1.82, 2.24) is 65.1 Å². The minimum absolute atomic E-state index is 0.216. The van der Waals surface area contributed by atoms with Gasteiger partial charge in [-0.15, -0.1) is 0 Å². The predicted molar refractivity (Wildman–Crippen MR) is 345 cm³/mol. The van der Waals surface area contributed by atoms with Gasteiger partial charge in [0, 0.05) is 45.6 Å². The van der Waals surface area contributed by atoms with Crippen LogP contribution in [0, 0.1) is 11.6 Å². The molecule has 86 heavy (non-hydrogen) atoms. The number of aliphatic imine (C=N–C) groups is 1. The molecule has 3 aliphatic rings. The molecule has 15 nitrogen and oxygen atoms in total. The Morgan fingerprint density at radius 3 is 1.72 bits per heavy atom. The van der Waals surface area contributed by atoms with Crippen molar-refractivity contribution in [3.63, 3.8) is 0 Å². The molecule has 5 N–H and O–H groups in total. The van der Waals surface area contributed by atoms with Gasteiger partial charge >= 0.3 is 0 Å². The lowest BCUT2D eigenvalue weighted by molar-refractivity contribution is 0.334. The highest BCUT2D eigenvalue weighted by atomic mass is 19.1. The average Bonchev–Trinajstić information content (AvgIpc) is 2.59. The summed E-state index contributed by atoms with van der Waals surface area (Å²) in [6, 6.07) is 28.7. The van der Waals surface area contributed by atoms with E-state index >= 15 is 0 Å². The second-order valence-corrected chi connectivity index (χ2v) is 22.0. The Morgan fingerprint density at radius 2 is 1.16 bits per heavy atom. The number of aryl methyl sites for hydroxylation is 2. The lowest BCUT2D eigenvalue weighted by atomic mass is 9.99. The number of nitrogens with zero attached hydrogens (tertiary/aromatic N) is 10. The fourth-order valence-corrected chi connectivity index (χ4v) is 11.8. The zero-order valence-electron chi connectivity index (χ0n) is 49.0. The van der Waals surface area contributed by atoms with E-state index in [1.54, 1.807) is 55.3 Å². The number of likely N-dealkylation sites (tertiary alicyclic amines) is 2. The molecule has 0 unspecified atom stereocenters. The van der Waals surface area contributed by atoms with Crippen LogP contribution in [0.25, 0.3) is 106 Å². The van der Waals surface area contributed by atoms with Crippen LogP contribution in [0.4, 0.5) is 14.5 Å². The zero-order valence-corrected chi connectivity index (χ0v) is 49.0. The van der Waals surface area contributed by atoms with E-state index in [1.807, 2.05) is 80.6 Å². The second-order valence-electron chi connectivity index (χ2n) is 22.0. The third kappa shape index (κ3) is 12.8. The Morgan fingerprint density at radius 1 is 0.616 bits per heavy atom. The van der Waals surface area contributed by atoms with Crippen LogP contribution in [0.3, 0.4) is 0 Å². The summed E-state index contributed by atoms with van der Waals surface area (Å²) in [6.07, 6.45) is 24.7. The highest BCUT2D eigenvalue weighted by Gasteiger charge is 2.21. The standard InChI is InChI=1S/C35H35FN8.C32H30FN7.C2H6/c1-3-22(2)39-27-17-25(19-37-20-27)31-18-29-32(21-38-31)42-43-34(29)35-40-30-10-6-9-28(33(30)41-35)24-14-23(15-26(36)16-24)8-7-13-44-11-4-5-12-44;33-24-17-21(6-5-15-40-13-1-2-14-40)16-23(18-24)25-8-3-9-27-30(25)37-32(36-27)31-26-19-28(35-20-29(26)38-39-31)22-7-4-11-34-12-10-22;1-2/h6,9-10,14-21,39H,2-5,7-8,11-13H2,1H3,(H,40,41)(H,42,43);3-4,7-11,16-20H,1-2,5-6,12-15H2,(H,36,37)(H,38,39);1-2H3. The maximum Gasteiger partial charge on any atom is 0.159 e. The maximum atomic E-state index is 14.9. The number of aromatic amines is 4. The van der Waals surface area contributed by atoms with Gasteiger partial charge in [0.1, 0.15) is 23.0 Å². The Hall–Kier alpha value is -9.32. The van der Waals surface area contributed by atoms with Crippen LogP contribution in [0.15, 0.2) is 151 Å². The maximum absolute atomic E-state index is 14.9. The van der Waals surface area contributed by atoms with Crippen LogP contribution in [0.1, 0.15) is 82.5 Å². The number of pyridine rings is 3. The molecule has 0 spiro atoms. The van der Waals surface area contributed by atoms with Crippen molar-refractivity contribution >= 4 is 61.3 Å². The Balaban J connectivity index is 0.000000164. The summed E-state index contributed by atoms with van der Waals surface area (Å²) in [5.41, 5.74) is 17.1. The number of fused-ring (bicyclic) bond motifs is 4. The van der Waals surface area contributed by atoms with E-state index in [1.165, 1.54) is 51.9 Å². The molecule has 0 aliphatic carbocycles. The van der Waals surface area contributed by atoms with Gasteiger partial charge in [-0.2, -0.15) is 10.2 Å². The molecule has 11 aromatic rings. The van der Waals surface area contributed by atoms with Crippen molar-refractivity contribution in [3.05, 3.63) is 175 Å². The highest BCUT2D eigenvalue weighted by Crippen LogP contribution is 2.36. The van der Waals surface area contributed by atoms with Gasteiger partial charge in [0.2, 0.25) is 0 Å². The van der Waals surface area contributed by atoms with Gasteiger partial charge in [-0.25, -0.2) is 18.7 Å². The molecule has 7 aromatic heterocycles. The van der Waals surface area contributed by atoms with Crippen LogP contribution in [-0.4, -0.2) is 117 Å². The summed E-state index contributed by atoms with van der Waals surface area (Å²) in [5, 5.41) is 20.5. The molecule has 14 rings (SSSR count). The zero-order chi connectivity index (χ0) is 58.9. The van der Waals surface area contributed by atoms with Gasteiger partial charge in [0.05, 0.1) is 75.3 Å². The Labute approximate surface area is 499 Å². The quantitative estimate of drug-likeness (QED) is 0.0588. The molecule has 0 atom stereocenters. The van der Waals surface area contributed by atoms with Gasteiger partial charge in [0.15, 0.2) is 11.6 Å². The van der Waals surface area contributed by atoms with Crippen LogP contribution < -0.4 is 5.32 Å². The number of para-hydroxylation sites is 2. The first-order valence-corrected chi connectivity index (χ1v) is 30.2. The number of halogens is 2. The van der Waals surface area contributed by atoms with Gasteiger partial charge < -0.3 is 25.1 Å². The molecule has 436 valence electrons. The summed E-state index contributed by atoms with van der Waals surface area (Å²) in [6.45, 7) is 17.6. The number of imidazole rings is 2. The molecule has 4 aromatic carbocycles. The summed E-state index contributed by atoms with van der Waals surface area (Å²) in [4.78, 5) is 39.8. The molecule has 0 amide bonds. The lowest BCUT2D eigenvalue weighted by Gasteiger charge is -2.14. The third-order valence-corrected chi connectivity index (χ3v) is 16.1. The number of allylic oxidation sites excluding steroid dienone is 4. The summed E-state index contributed by atoms with van der Waals surface area (Å²) < 4.78 is 29.6. The van der Waals surface area contributed by atoms with E-state index in [4.69, 9.17) is 9.97 Å². The number of H-pyrrole nitrogens is 4. The molecule has 10 heterocycles. The highest BCUT2D eigenvalue weighted by molar-refractivity contribution is 6.00. The van der Waals surface area contributed by atoms with Gasteiger partial charge in [-0.05, 0) is 186 Å². The lowest BCUT2D eigenvalue weighted by Crippen LogP contribution is -2.20. The predicted octanol–water partition coefficient (Wildman–Crippen LogP) is 15.1. The van der Waals surface area contributed by atoms with Crippen molar-refractivity contribution in [2.45, 2.75) is 78.6 Å². The van der Waals surface area contributed by atoms with Crippen molar-refractivity contribution in [3.8, 4) is 56.5 Å². The van der Waals surface area contributed by atoms with E-state index < -0.39 is 0 Å². The van der Waals surface area contributed by atoms with E-state index in [9.17, 15) is 8.78 Å². The summed E-state index contributed by atoms with van der Waals surface area (Å²) in [7, 11) is 0. The minimum Gasteiger partial charge on any atom is -0.358 e. The topological polar surface area (TPSA) is 184 Å². The number of hydrogen-bond donors (Lipinski definition) is 5. The Kier molecular flexibility index (Phi) is 17.5. The fourth-order valence-electron chi connectivity index (χ4n) is 11.8. The third-order valence-electron chi connectivity index (χ3n) is 16.1. The van der Waals surface area contributed by atoms with Gasteiger partial charge in [-0.1, -0.05) is 75.9 Å². The van der Waals surface area contributed by atoms with Gasteiger partial charge in [0.25, 0.3) is 0 Å². The molecule has 2 fully saturated rings. The van der Waals surface area contributed by atoms with Crippen molar-refractivity contribution in [1.29, 1.82) is 0 Å².